The first-order valence-corrected chi connectivity index (χ1v) is 21.0. The van der Waals surface area contributed by atoms with Gasteiger partial charge in [-0.3, -0.25) is 0 Å². The molecule has 0 amide bonds. The van der Waals surface area contributed by atoms with Crippen LogP contribution in [0.1, 0.15) is 0 Å². The van der Waals surface area contributed by atoms with Crippen LogP contribution in [0.25, 0.3) is 88.0 Å². The molecule has 0 aliphatic heterocycles. The van der Waals surface area contributed by atoms with E-state index in [1.54, 1.807) is 0 Å². The van der Waals surface area contributed by atoms with Crippen LogP contribution in [0.5, 0.6) is 0 Å². The summed E-state index contributed by atoms with van der Waals surface area (Å²) in [5, 5.41) is 7.46. The Morgan fingerprint density at radius 3 is 1.39 bits per heavy atom. The van der Waals surface area contributed by atoms with Crippen molar-refractivity contribution in [3.63, 3.8) is 0 Å². The highest BCUT2D eigenvalue weighted by molar-refractivity contribution is 6.14. The fraction of sp³-hybridized carbons (Fsp3) is 0. The first kappa shape index (κ1) is 36.1. The Morgan fingerprint density at radius 2 is 0.721 bits per heavy atom. The number of fused-ring (bicyclic) bond motifs is 4. The summed E-state index contributed by atoms with van der Waals surface area (Å²) in [4.78, 5) is 2.43. The van der Waals surface area contributed by atoms with Crippen LogP contribution in [0.2, 0.25) is 0 Å². The predicted molar refractivity (Wildman–Crippen MR) is 261 cm³/mol. The van der Waals surface area contributed by atoms with Crippen LogP contribution in [-0.2, 0) is 0 Å². The lowest BCUT2D eigenvalue weighted by Crippen LogP contribution is -2.10. The van der Waals surface area contributed by atoms with Crippen molar-refractivity contribution in [2.75, 3.05) is 4.90 Å². The van der Waals surface area contributed by atoms with Gasteiger partial charge in [-0.1, -0.05) is 200 Å². The molecule has 0 atom stereocenters. The second-order valence-electron chi connectivity index (χ2n) is 15.7. The van der Waals surface area contributed by atoms with Crippen LogP contribution < -0.4 is 4.90 Å². The van der Waals surface area contributed by atoms with Crippen LogP contribution in [-0.4, -0.2) is 0 Å². The van der Waals surface area contributed by atoms with Gasteiger partial charge in [-0.25, -0.2) is 0 Å². The maximum absolute atomic E-state index is 2.43. The number of anilines is 3. The van der Waals surface area contributed by atoms with Gasteiger partial charge in [0.15, 0.2) is 0 Å². The fourth-order valence-corrected chi connectivity index (χ4v) is 9.16. The second-order valence-corrected chi connectivity index (χ2v) is 15.7. The molecule has 0 N–H and O–H groups in total. The third kappa shape index (κ3) is 6.73. The van der Waals surface area contributed by atoms with E-state index in [0.717, 1.165) is 22.6 Å². The van der Waals surface area contributed by atoms with Crippen molar-refractivity contribution in [1.29, 1.82) is 0 Å². The normalized spacial score (nSPS) is 11.3. The molecule has 0 heterocycles. The standard InChI is InChI=1S/C60H41N/c1-4-18-42(19-5-1)49-40-57(44-20-6-2-7-21-44)60(58(41-49)45-22-8-3-9-23-45)48-27-16-28-51(38-48)61(59-33-17-26-43-24-10-13-30-53(43)59)50-36-34-46(35-37-50)56-39-47-25-11-12-29-52(47)54-31-14-15-32-55(54)56/h1-41H. The lowest BCUT2D eigenvalue weighted by Gasteiger charge is -2.28. The van der Waals surface area contributed by atoms with Crippen LogP contribution >= 0.6 is 0 Å². The molecule has 0 aliphatic carbocycles. The van der Waals surface area contributed by atoms with Crippen molar-refractivity contribution in [3.8, 4) is 55.6 Å². The molecule has 11 aromatic rings. The Labute approximate surface area is 357 Å². The summed E-state index contributed by atoms with van der Waals surface area (Å²) < 4.78 is 0. The van der Waals surface area contributed by atoms with Gasteiger partial charge >= 0.3 is 0 Å². The van der Waals surface area contributed by atoms with Gasteiger partial charge in [0.1, 0.15) is 0 Å². The van der Waals surface area contributed by atoms with E-state index in [9.17, 15) is 0 Å². The molecule has 0 radical (unpaired) electrons. The van der Waals surface area contributed by atoms with Gasteiger partial charge in [0.05, 0.1) is 5.69 Å². The molecule has 0 bridgehead atoms. The first-order chi connectivity index (χ1) is 30.3. The topological polar surface area (TPSA) is 3.24 Å². The van der Waals surface area contributed by atoms with E-state index in [1.807, 2.05) is 0 Å². The monoisotopic (exact) mass is 775 g/mol. The highest BCUT2D eigenvalue weighted by atomic mass is 15.1. The second kappa shape index (κ2) is 15.6. The zero-order valence-corrected chi connectivity index (χ0v) is 33.6. The SMILES string of the molecule is c1ccc(-c2cc(-c3ccccc3)c(-c3cccc(N(c4ccc(-c5cc6ccccc6c6ccccc56)cc4)c4cccc5ccccc45)c3)c(-c3ccccc3)c2)cc1. The molecule has 0 aliphatic rings. The first-order valence-electron chi connectivity index (χ1n) is 21.0. The summed E-state index contributed by atoms with van der Waals surface area (Å²) >= 11 is 0. The molecule has 61 heavy (non-hydrogen) atoms. The number of hydrogen-bond donors (Lipinski definition) is 0. The molecule has 11 aromatic carbocycles. The number of hydrogen-bond acceptors (Lipinski definition) is 1. The molecule has 286 valence electrons. The Balaban J connectivity index is 1.12. The van der Waals surface area contributed by atoms with Crippen molar-refractivity contribution in [2.24, 2.45) is 0 Å². The quantitative estimate of drug-likeness (QED) is 0.139. The van der Waals surface area contributed by atoms with Gasteiger partial charge in [-0.05, 0) is 131 Å². The van der Waals surface area contributed by atoms with Gasteiger partial charge in [0.2, 0.25) is 0 Å². The van der Waals surface area contributed by atoms with Crippen molar-refractivity contribution in [3.05, 3.63) is 249 Å². The molecule has 0 saturated carbocycles. The van der Waals surface area contributed by atoms with Gasteiger partial charge < -0.3 is 4.90 Å². The molecular formula is C60H41N. The summed E-state index contributed by atoms with van der Waals surface area (Å²) in [6.07, 6.45) is 0. The number of nitrogens with zero attached hydrogens (tertiary/aromatic N) is 1. The molecule has 0 fully saturated rings. The fourth-order valence-electron chi connectivity index (χ4n) is 9.16. The minimum absolute atomic E-state index is 1.09. The Bertz CT molecular complexity index is 3270. The maximum Gasteiger partial charge on any atom is 0.0540 e. The average Bonchev–Trinajstić information content (AvgIpc) is 3.34. The van der Waals surface area contributed by atoms with Crippen LogP contribution in [0.15, 0.2) is 249 Å². The van der Waals surface area contributed by atoms with Gasteiger partial charge in [-0.2, -0.15) is 0 Å². The summed E-state index contributed by atoms with van der Waals surface area (Å²) in [6, 6.07) is 90.6. The van der Waals surface area contributed by atoms with Crippen molar-refractivity contribution >= 4 is 49.4 Å². The van der Waals surface area contributed by atoms with E-state index in [-0.39, 0.29) is 0 Å². The zero-order valence-electron chi connectivity index (χ0n) is 33.6. The molecule has 0 spiro atoms. The summed E-state index contributed by atoms with van der Waals surface area (Å²) in [6.45, 7) is 0. The summed E-state index contributed by atoms with van der Waals surface area (Å²) in [7, 11) is 0. The van der Waals surface area contributed by atoms with E-state index < -0.39 is 0 Å². The average molecular weight is 776 g/mol. The third-order valence-corrected chi connectivity index (χ3v) is 12.0. The number of benzene rings is 11. The van der Waals surface area contributed by atoms with E-state index >= 15 is 0 Å². The van der Waals surface area contributed by atoms with Crippen LogP contribution in [0.4, 0.5) is 17.1 Å². The lowest BCUT2D eigenvalue weighted by atomic mass is 9.84. The van der Waals surface area contributed by atoms with E-state index in [0.29, 0.717) is 0 Å². The third-order valence-electron chi connectivity index (χ3n) is 12.0. The molecule has 1 heteroatoms. The van der Waals surface area contributed by atoms with Crippen LogP contribution in [0.3, 0.4) is 0 Å². The Morgan fingerprint density at radius 1 is 0.230 bits per heavy atom. The molecule has 0 unspecified atom stereocenters. The molecule has 0 saturated heterocycles. The highest BCUT2D eigenvalue weighted by Crippen LogP contribution is 2.46. The Hall–Kier alpha value is -8.00. The largest absolute Gasteiger partial charge is 0.310 e. The van der Waals surface area contributed by atoms with Gasteiger partial charge in [0.25, 0.3) is 0 Å². The van der Waals surface area contributed by atoms with Crippen molar-refractivity contribution in [2.45, 2.75) is 0 Å². The molecule has 0 aromatic heterocycles. The zero-order chi connectivity index (χ0) is 40.5. The Kier molecular flexibility index (Phi) is 9.26. The van der Waals surface area contributed by atoms with Crippen molar-refractivity contribution < 1.29 is 0 Å². The smallest absolute Gasteiger partial charge is 0.0540 e. The van der Waals surface area contributed by atoms with Crippen molar-refractivity contribution in [1.82, 2.24) is 0 Å². The van der Waals surface area contributed by atoms with E-state index in [4.69, 9.17) is 0 Å². The predicted octanol–water partition coefficient (Wildman–Crippen LogP) is 17.0. The summed E-state index contributed by atoms with van der Waals surface area (Å²) in [5.74, 6) is 0. The van der Waals surface area contributed by atoms with Gasteiger partial charge in [0, 0.05) is 16.8 Å². The molecule has 1 nitrogen and oxygen atoms in total. The van der Waals surface area contributed by atoms with E-state index in [2.05, 4.69) is 254 Å². The van der Waals surface area contributed by atoms with Crippen LogP contribution in [0, 0.1) is 0 Å². The lowest BCUT2D eigenvalue weighted by molar-refractivity contribution is 1.30. The highest BCUT2D eigenvalue weighted by Gasteiger charge is 2.21. The summed E-state index contributed by atoms with van der Waals surface area (Å²) in [5.41, 5.74) is 15.2. The van der Waals surface area contributed by atoms with E-state index in [1.165, 1.54) is 82.4 Å². The molecular weight excluding hydrogens is 735 g/mol. The maximum atomic E-state index is 2.43. The number of rotatable bonds is 8. The molecule has 11 rings (SSSR count). The van der Waals surface area contributed by atoms with Gasteiger partial charge in [-0.15, -0.1) is 0 Å². The minimum atomic E-state index is 1.09. The minimum Gasteiger partial charge on any atom is -0.310 e.